The van der Waals surface area contributed by atoms with E-state index in [1.807, 2.05) is 0 Å². The molecule has 0 aliphatic rings. The molecule has 6 nitrogen and oxygen atoms in total. The molecule has 6 heteroatoms. The van der Waals surface area contributed by atoms with Gasteiger partial charge >= 0.3 is 17.9 Å². The smallest absolute Gasteiger partial charge is 0.306 e. The maximum atomic E-state index is 12.9. The molecule has 0 aromatic carbocycles. The lowest BCUT2D eigenvalue weighted by molar-refractivity contribution is -0.167. The minimum atomic E-state index is -0.797. The van der Waals surface area contributed by atoms with Crippen molar-refractivity contribution in [3.8, 4) is 0 Å². The number of ether oxygens (including phenoxy) is 3. The monoisotopic (exact) mass is 1130 g/mol. The van der Waals surface area contributed by atoms with E-state index in [1.165, 1.54) is 218 Å². The summed E-state index contributed by atoms with van der Waals surface area (Å²) in [6.07, 6.45) is 91.8. The van der Waals surface area contributed by atoms with Crippen LogP contribution in [0.15, 0.2) is 85.1 Å². The van der Waals surface area contributed by atoms with Crippen molar-refractivity contribution >= 4 is 17.9 Å². The van der Waals surface area contributed by atoms with Gasteiger partial charge in [0.15, 0.2) is 6.10 Å². The van der Waals surface area contributed by atoms with E-state index in [2.05, 4.69) is 106 Å². The van der Waals surface area contributed by atoms with Crippen LogP contribution in [0.1, 0.15) is 355 Å². The number of esters is 3. The molecule has 0 saturated carbocycles. The average molecular weight is 1130 g/mol. The molecule has 81 heavy (non-hydrogen) atoms. The Balaban J connectivity index is 4.34. The van der Waals surface area contributed by atoms with Crippen LogP contribution < -0.4 is 0 Å². The molecule has 0 spiro atoms. The Morgan fingerprint density at radius 2 is 0.481 bits per heavy atom. The van der Waals surface area contributed by atoms with Crippen LogP contribution in [0.4, 0.5) is 0 Å². The van der Waals surface area contributed by atoms with E-state index >= 15 is 0 Å². The SMILES string of the molecule is CC/C=C\C/C=C\C/C=C\C/C=C\C/C=C\CCCCCC(=O)OC(COC(=O)CCCCCCCCC/C=C\CCCCCCCC)COC(=O)CCCCCCCCCCCCCCCCC/C=C\CCCCCCCCCC. The molecule has 0 amide bonds. The second kappa shape index (κ2) is 69.1. The summed E-state index contributed by atoms with van der Waals surface area (Å²) in [4.78, 5) is 38.4. The van der Waals surface area contributed by atoms with E-state index in [-0.39, 0.29) is 37.5 Å². The molecule has 0 aliphatic heterocycles. The molecule has 0 saturated heterocycles. The van der Waals surface area contributed by atoms with Gasteiger partial charge in [0, 0.05) is 19.3 Å². The van der Waals surface area contributed by atoms with Crippen LogP contribution in [0.25, 0.3) is 0 Å². The fourth-order valence-electron chi connectivity index (χ4n) is 10.1. The summed E-state index contributed by atoms with van der Waals surface area (Å²) in [5.74, 6) is -0.909. The van der Waals surface area contributed by atoms with Crippen molar-refractivity contribution < 1.29 is 28.6 Å². The van der Waals surface area contributed by atoms with Crippen molar-refractivity contribution in [1.29, 1.82) is 0 Å². The molecule has 0 aromatic rings. The highest BCUT2D eigenvalue weighted by Crippen LogP contribution is 2.17. The first-order chi connectivity index (χ1) is 40.0. The zero-order chi connectivity index (χ0) is 58.5. The second-order valence-corrected chi connectivity index (χ2v) is 23.4. The van der Waals surface area contributed by atoms with Gasteiger partial charge in [-0.05, 0) is 116 Å². The van der Waals surface area contributed by atoms with Crippen molar-refractivity contribution in [2.45, 2.75) is 361 Å². The molecular weight excluding hydrogens is 997 g/mol. The van der Waals surface area contributed by atoms with E-state index in [4.69, 9.17) is 14.2 Å². The first-order valence-corrected chi connectivity index (χ1v) is 35.1. The van der Waals surface area contributed by atoms with Gasteiger partial charge in [0.25, 0.3) is 0 Å². The van der Waals surface area contributed by atoms with E-state index in [9.17, 15) is 14.4 Å². The number of carbonyl (C=O) groups excluding carboxylic acids is 3. The molecule has 0 N–H and O–H groups in total. The first-order valence-electron chi connectivity index (χ1n) is 35.1. The third kappa shape index (κ3) is 67.3. The van der Waals surface area contributed by atoms with Crippen LogP contribution >= 0.6 is 0 Å². The van der Waals surface area contributed by atoms with Crippen molar-refractivity contribution in [2.75, 3.05) is 13.2 Å². The Hall–Kier alpha value is -3.41. The van der Waals surface area contributed by atoms with Crippen molar-refractivity contribution in [2.24, 2.45) is 0 Å². The second-order valence-electron chi connectivity index (χ2n) is 23.4. The van der Waals surface area contributed by atoms with E-state index < -0.39 is 6.10 Å². The van der Waals surface area contributed by atoms with E-state index in [0.717, 1.165) is 96.3 Å². The average Bonchev–Trinajstić information content (AvgIpc) is 3.47. The highest BCUT2D eigenvalue weighted by atomic mass is 16.6. The van der Waals surface area contributed by atoms with Crippen LogP contribution in [-0.4, -0.2) is 37.2 Å². The van der Waals surface area contributed by atoms with Gasteiger partial charge in [-0.1, -0.05) is 305 Å². The highest BCUT2D eigenvalue weighted by Gasteiger charge is 2.19. The fraction of sp³-hybridized carbons (Fsp3) is 0.773. The van der Waals surface area contributed by atoms with Crippen molar-refractivity contribution in [1.82, 2.24) is 0 Å². The molecule has 1 unspecified atom stereocenters. The molecule has 0 aromatic heterocycles. The van der Waals surface area contributed by atoms with Crippen LogP contribution in [0.2, 0.25) is 0 Å². The summed E-state index contributed by atoms with van der Waals surface area (Å²) in [7, 11) is 0. The van der Waals surface area contributed by atoms with Gasteiger partial charge in [-0.3, -0.25) is 14.4 Å². The van der Waals surface area contributed by atoms with Gasteiger partial charge in [0.1, 0.15) is 13.2 Å². The van der Waals surface area contributed by atoms with Gasteiger partial charge < -0.3 is 14.2 Å². The number of allylic oxidation sites excluding steroid dienone is 14. The lowest BCUT2D eigenvalue weighted by Gasteiger charge is -2.18. The molecule has 0 radical (unpaired) electrons. The molecular formula is C75H132O6. The minimum absolute atomic E-state index is 0.0891. The maximum Gasteiger partial charge on any atom is 0.306 e. The highest BCUT2D eigenvalue weighted by molar-refractivity contribution is 5.71. The summed E-state index contributed by atoms with van der Waals surface area (Å²) in [5, 5.41) is 0. The Bertz CT molecular complexity index is 1530. The number of hydrogen-bond donors (Lipinski definition) is 0. The number of carbonyl (C=O) groups is 3. The number of rotatable bonds is 64. The van der Waals surface area contributed by atoms with E-state index in [0.29, 0.717) is 12.8 Å². The van der Waals surface area contributed by atoms with Gasteiger partial charge in [-0.15, -0.1) is 0 Å². The van der Waals surface area contributed by atoms with Gasteiger partial charge in [-0.25, -0.2) is 0 Å². The summed E-state index contributed by atoms with van der Waals surface area (Å²) >= 11 is 0. The lowest BCUT2D eigenvalue weighted by atomic mass is 10.0. The van der Waals surface area contributed by atoms with Gasteiger partial charge in [0.2, 0.25) is 0 Å². The molecule has 0 heterocycles. The summed E-state index contributed by atoms with van der Waals surface area (Å²) in [6.45, 7) is 6.54. The van der Waals surface area contributed by atoms with Crippen molar-refractivity contribution in [3.05, 3.63) is 85.1 Å². The van der Waals surface area contributed by atoms with Gasteiger partial charge in [0.05, 0.1) is 0 Å². The largest absolute Gasteiger partial charge is 0.462 e. The van der Waals surface area contributed by atoms with Crippen LogP contribution in [0.3, 0.4) is 0 Å². The maximum absolute atomic E-state index is 12.9. The quantitative estimate of drug-likeness (QED) is 0.0261. The minimum Gasteiger partial charge on any atom is -0.462 e. The third-order valence-electron chi connectivity index (χ3n) is 15.4. The predicted octanol–water partition coefficient (Wildman–Crippen LogP) is 24.2. The molecule has 0 fully saturated rings. The number of unbranched alkanes of at least 4 members (excludes halogenated alkanes) is 39. The number of hydrogen-bond acceptors (Lipinski definition) is 6. The Labute approximate surface area is 503 Å². The molecule has 1 atom stereocenters. The topological polar surface area (TPSA) is 78.9 Å². The summed E-state index contributed by atoms with van der Waals surface area (Å²) in [6, 6.07) is 0. The van der Waals surface area contributed by atoms with Gasteiger partial charge in [-0.2, -0.15) is 0 Å². The van der Waals surface area contributed by atoms with E-state index in [1.54, 1.807) is 0 Å². The normalized spacial score (nSPS) is 12.6. The predicted molar refractivity (Wildman–Crippen MR) is 353 cm³/mol. The first kappa shape index (κ1) is 77.6. The molecule has 0 aliphatic carbocycles. The van der Waals surface area contributed by atoms with Crippen LogP contribution in [0, 0.1) is 0 Å². The lowest BCUT2D eigenvalue weighted by Crippen LogP contribution is -2.30. The van der Waals surface area contributed by atoms with Crippen LogP contribution in [-0.2, 0) is 28.6 Å². The Morgan fingerprint density at radius 1 is 0.259 bits per heavy atom. The third-order valence-corrected chi connectivity index (χ3v) is 15.4. The summed E-state index contributed by atoms with van der Waals surface area (Å²) in [5.41, 5.74) is 0. The van der Waals surface area contributed by atoms with Crippen LogP contribution in [0.5, 0.6) is 0 Å². The molecule has 0 rings (SSSR count). The Morgan fingerprint density at radius 3 is 0.778 bits per heavy atom. The standard InChI is InChI=1S/C75H132O6/c1-4-7-10-13-16-19-22-25-28-31-33-34-35-36-37-38-39-40-42-44-47-50-53-56-59-62-65-68-74(77)80-71-72(70-79-73(76)67-64-61-58-55-52-49-46-43-30-27-24-21-18-15-12-9-6-3)81-75(78)69-66-63-60-57-54-51-48-45-41-32-29-26-23-20-17-14-11-8-5-2/h8,11,17,20,26-27,29-31,33,41,45,51,54,72H,4-7,9-10,12-16,18-19,21-25,28,32,34-40,42-44,46-50,52-53,55-71H2,1-3H3/b11-8-,20-17-,29-26-,30-27-,33-31-,45-41-,54-51-. The zero-order valence-corrected chi connectivity index (χ0v) is 53.8. The summed E-state index contributed by atoms with van der Waals surface area (Å²) < 4.78 is 17.0. The Kier molecular flexibility index (Phi) is 66.2. The van der Waals surface area contributed by atoms with Crippen molar-refractivity contribution in [3.63, 3.8) is 0 Å². The zero-order valence-electron chi connectivity index (χ0n) is 53.8. The molecule has 0 bridgehead atoms. The molecule has 468 valence electrons. The fourth-order valence-corrected chi connectivity index (χ4v) is 10.1.